The minimum atomic E-state index is -0.338. The molecule has 0 spiro atoms. The first-order valence-corrected chi connectivity index (χ1v) is 12.6. The van der Waals surface area contributed by atoms with Crippen LogP contribution in [-0.4, -0.2) is 40.8 Å². The van der Waals surface area contributed by atoms with Gasteiger partial charge in [0.2, 0.25) is 0 Å². The number of amides is 2. The Bertz CT molecular complexity index is 1190. The third kappa shape index (κ3) is 6.21. The van der Waals surface area contributed by atoms with E-state index in [0.29, 0.717) is 49.1 Å². The van der Waals surface area contributed by atoms with Crippen LogP contribution >= 0.6 is 51.5 Å². The van der Waals surface area contributed by atoms with Crippen molar-refractivity contribution in [3.05, 3.63) is 68.5 Å². The number of hydrogen-bond acceptors (Lipinski definition) is 6. The number of thioether (sulfide) groups is 1. The Hall–Kier alpha value is -2.33. The molecule has 0 saturated carbocycles. The largest absolute Gasteiger partial charge is 0.490 e. The van der Waals surface area contributed by atoms with Crippen molar-refractivity contribution in [1.29, 1.82) is 0 Å². The van der Waals surface area contributed by atoms with Gasteiger partial charge in [0.1, 0.15) is 4.32 Å². The van der Waals surface area contributed by atoms with Crippen LogP contribution in [0.4, 0.5) is 5.69 Å². The van der Waals surface area contributed by atoms with Gasteiger partial charge in [-0.2, -0.15) is 0 Å². The third-order valence-electron chi connectivity index (χ3n) is 4.70. The highest BCUT2D eigenvalue weighted by Crippen LogP contribution is 2.39. The van der Waals surface area contributed by atoms with Crippen LogP contribution in [0.15, 0.2) is 52.4 Å². The van der Waals surface area contributed by atoms with Crippen LogP contribution in [-0.2, 0) is 9.59 Å². The molecule has 2 aromatic rings. The van der Waals surface area contributed by atoms with Crippen LogP contribution in [0.25, 0.3) is 6.08 Å². The normalized spacial score (nSPS) is 14.5. The summed E-state index contributed by atoms with van der Waals surface area (Å²) < 4.78 is 12.6. The second-order valence-corrected chi connectivity index (χ2v) is 10.0. The van der Waals surface area contributed by atoms with Crippen LogP contribution in [0.2, 0.25) is 5.02 Å². The van der Waals surface area contributed by atoms with Crippen molar-refractivity contribution in [3.63, 3.8) is 0 Å². The zero-order valence-electron chi connectivity index (χ0n) is 18.5. The van der Waals surface area contributed by atoms with E-state index in [1.165, 1.54) is 16.7 Å². The summed E-state index contributed by atoms with van der Waals surface area (Å²) in [6.45, 7) is 7.86. The van der Waals surface area contributed by atoms with Crippen LogP contribution in [0, 0.1) is 6.92 Å². The standard InChI is InChI=1S/C24H22BrClN2O4S2/c1-4-9-28-23(30)20(34-24(28)33)12-15-10-16(25)22(19(11-15)31-5-2)32-13-21(29)27-18-8-6-7-17(26)14(18)3/h4,6-8,10-12H,1,5,9,13H2,2-3H3,(H,27,29)/b20-12-. The van der Waals surface area contributed by atoms with Gasteiger partial charge in [0, 0.05) is 17.3 Å². The molecule has 0 aromatic heterocycles. The summed E-state index contributed by atoms with van der Waals surface area (Å²) in [5.74, 6) is 0.319. The van der Waals surface area contributed by atoms with E-state index in [2.05, 4.69) is 27.8 Å². The van der Waals surface area contributed by atoms with Crippen molar-refractivity contribution < 1.29 is 19.1 Å². The van der Waals surface area contributed by atoms with Gasteiger partial charge < -0.3 is 14.8 Å². The van der Waals surface area contributed by atoms with Crippen LogP contribution in [0.3, 0.4) is 0 Å². The highest BCUT2D eigenvalue weighted by atomic mass is 79.9. The van der Waals surface area contributed by atoms with Gasteiger partial charge in [-0.05, 0) is 71.2 Å². The molecule has 1 aliphatic rings. The fourth-order valence-electron chi connectivity index (χ4n) is 3.08. The number of halogens is 2. The van der Waals surface area contributed by atoms with E-state index in [-0.39, 0.29) is 18.4 Å². The third-order valence-corrected chi connectivity index (χ3v) is 7.08. The summed E-state index contributed by atoms with van der Waals surface area (Å²) in [6, 6.07) is 8.83. The lowest BCUT2D eigenvalue weighted by atomic mass is 10.2. The van der Waals surface area contributed by atoms with Crippen molar-refractivity contribution in [3.8, 4) is 11.5 Å². The molecule has 3 rings (SSSR count). The molecule has 10 heteroatoms. The monoisotopic (exact) mass is 580 g/mol. The van der Waals surface area contributed by atoms with Gasteiger partial charge in [-0.3, -0.25) is 14.5 Å². The van der Waals surface area contributed by atoms with E-state index in [9.17, 15) is 9.59 Å². The average molecular weight is 582 g/mol. The first-order chi connectivity index (χ1) is 16.2. The molecule has 178 valence electrons. The Morgan fingerprint density at radius 3 is 2.82 bits per heavy atom. The Kier molecular flexibility index (Phi) is 9.18. The lowest BCUT2D eigenvalue weighted by Gasteiger charge is -2.15. The van der Waals surface area contributed by atoms with Crippen LogP contribution in [0.5, 0.6) is 11.5 Å². The number of carbonyl (C=O) groups excluding carboxylic acids is 2. The topological polar surface area (TPSA) is 67.9 Å². The van der Waals surface area contributed by atoms with Gasteiger partial charge in [-0.25, -0.2) is 0 Å². The summed E-state index contributed by atoms with van der Waals surface area (Å²) in [6.07, 6.45) is 3.38. The second-order valence-electron chi connectivity index (χ2n) is 7.09. The van der Waals surface area contributed by atoms with Crippen molar-refractivity contribution >= 4 is 79.4 Å². The molecule has 1 N–H and O–H groups in total. The first-order valence-electron chi connectivity index (χ1n) is 10.3. The zero-order valence-corrected chi connectivity index (χ0v) is 22.5. The molecule has 0 radical (unpaired) electrons. The van der Waals surface area contributed by atoms with Gasteiger partial charge >= 0.3 is 0 Å². The van der Waals surface area contributed by atoms with E-state index >= 15 is 0 Å². The maximum absolute atomic E-state index is 12.6. The predicted octanol–water partition coefficient (Wildman–Crippen LogP) is 6.21. The van der Waals surface area contributed by atoms with Crippen molar-refractivity contribution in [2.45, 2.75) is 13.8 Å². The van der Waals surface area contributed by atoms with Crippen molar-refractivity contribution in [2.75, 3.05) is 25.1 Å². The number of rotatable bonds is 9. The minimum Gasteiger partial charge on any atom is -0.490 e. The van der Waals surface area contributed by atoms with Crippen LogP contribution in [0.1, 0.15) is 18.1 Å². The smallest absolute Gasteiger partial charge is 0.266 e. The zero-order chi connectivity index (χ0) is 24.8. The molecule has 2 aromatic carbocycles. The molecule has 6 nitrogen and oxygen atoms in total. The van der Waals surface area contributed by atoms with Gasteiger partial charge in [0.25, 0.3) is 11.8 Å². The molecule has 1 aliphatic heterocycles. The highest BCUT2D eigenvalue weighted by Gasteiger charge is 2.31. The average Bonchev–Trinajstić information content (AvgIpc) is 3.04. The molecule has 2 amide bonds. The number of ether oxygens (including phenoxy) is 2. The fraction of sp³-hybridized carbons (Fsp3) is 0.208. The highest BCUT2D eigenvalue weighted by molar-refractivity contribution is 9.10. The van der Waals surface area contributed by atoms with E-state index in [4.69, 9.17) is 33.3 Å². The lowest BCUT2D eigenvalue weighted by Crippen LogP contribution is -2.27. The maximum atomic E-state index is 12.6. The Morgan fingerprint density at radius 1 is 1.35 bits per heavy atom. The van der Waals surface area contributed by atoms with E-state index < -0.39 is 0 Å². The first kappa shape index (κ1) is 26.3. The molecular formula is C24H22BrClN2O4S2. The molecule has 34 heavy (non-hydrogen) atoms. The number of benzene rings is 2. The lowest BCUT2D eigenvalue weighted by molar-refractivity contribution is -0.121. The van der Waals surface area contributed by atoms with E-state index in [1.54, 1.807) is 42.5 Å². The minimum absolute atomic E-state index is 0.169. The molecule has 1 fully saturated rings. The number of thiocarbonyl (C=S) groups is 1. The number of nitrogens with one attached hydrogen (secondary N) is 1. The maximum Gasteiger partial charge on any atom is 0.266 e. The second kappa shape index (κ2) is 11.9. The Labute approximate surface area is 221 Å². The number of hydrogen-bond donors (Lipinski definition) is 1. The molecule has 0 bridgehead atoms. The molecule has 0 aliphatic carbocycles. The molecule has 1 heterocycles. The molecule has 0 atom stereocenters. The molecule has 1 saturated heterocycles. The quantitative estimate of drug-likeness (QED) is 0.216. The Morgan fingerprint density at radius 2 is 2.12 bits per heavy atom. The summed E-state index contributed by atoms with van der Waals surface area (Å²) in [5, 5.41) is 3.36. The van der Waals surface area contributed by atoms with Crippen LogP contribution < -0.4 is 14.8 Å². The Balaban J connectivity index is 1.78. The van der Waals surface area contributed by atoms with Crippen molar-refractivity contribution in [1.82, 2.24) is 4.90 Å². The summed E-state index contributed by atoms with van der Waals surface area (Å²) in [5.41, 5.74) is 2.12. The predicted molar refractivity (Wildman–Crippen MR) is 146 cm³/mol. The number of nitrogens with zero attached hydrogens (tertiary/aromatic N) is 1. The molecule has 0 unspecified atom stereocenters. The molecular weight excluding hydrogens is 560 g/mol. The number of anilines is 1. The van der Waals surface area contributed by atoms with Gasteiger partial charge in [0.15, 0.2) is 18.1 Å². The summed E-state index contributed by atoms with van der Waals surface area (Å²) in [7, 11) is 0. The van der Waals surface area contributed by atoms with Gasteiger partial charge in [-0.15, -0.1) is 6.58 Å². The number of carbonyl (C=O) groups is 2. The summed E-state index contributed by atoms with van der Waals surface area (Å²) in [4.78, 5) is 27.1. The van der Waals surface area contributed by atoms with Gasteiger partial charge in [-0.1, -0.05) is 47.7 Å². The fourth-order valence-corrected chi connectivity index (χ4v) is 5.10. The van der Waals surface area contributed by atoms with E-state index in [0.717, 1.165) is 11.1 Å². The van der Waals surface area contributed by atoms with Gasteiger partial charge in [0.05, 0.1) is 16.0 Å². The van der Waals surface area contributed by atoms with E-state index in [1.807, 2.05) is 13.8 Å². The SMILES string of the molecule is C=CCN1C(=O)/C(=C/c2cc(Br)c(OCC(=O)Nc3cccc(Cl)c3C)c(OCC)c2)SC1=S. The van der Waals surface area contributed by atoms with Crippen molar-refractivity contribution in [2.24, 2.45) is 0 Å². The summed E-state index contributed by atoms with van der Waals surface area (Å²) >= 11 is 16.1.